The van der Waals surface area contributed by atoms with Crippen molar-refractivity contribution in [3.8, 4) is 11.3 Å². The van der Waals surface area contributed by atoms with Crippen molar-refractivity contribution in [1.82, 2.24) is 15.1 Å². The third kappa shape index (κ3) is 3.53. The Hall–Kier alpha value is -2.00. The highest BCUT2D eigenvalue weighted by molar-refractivity contribution is 5.70. The molecule has 2 aromatic rings. The monoisotopic (exact) mass is 375 g/mol. The number of fused-ring (bicyclic) bond motifs is 1. The molecular weight excluding hydrogens is 342 g/mol. The van der Waals surface area contributed by atoms with Gasteiger partial charge < -0.3 is 4.90 Å². The Morgan fingerprint density at radius 2 is 1.86 bits per heavy atom. The second-order valence-electron chi connectivity index (χ2n) is 8.83. The molecule has 0 N–H and O–H groups in total. The molecule has 1 aromatic carbocycles. The van der Waals surface area contributed by atoms with Crippen molar-refractivity contribution in [2.75, 3.05) is 19.6 Å². The number of hydrogen-bond acceptors (Lipinski definition) is 3. The molecule has 0 amide bonds. The van der Waals surface area contributed by atoms with E-state index in [2.05, 4.69) is 79.2 Å². The van der Waals surface area contributed by atoms with Gasteiger partial charge in [0, 0.05) is 17.5 Å². The van der Waals surface area contributed by atoms with Gasteiger partial charge in [-0.25, -0.2) is 0 Å². The molecule has 0 radical (unpaired) electrons. The first kappa shape index (κ1) is 19.3. The Balaban J connectivity index is 1.63. The lowest BCUT2D eigenvalue weighted by Gasteiger charge is -2.47. The van der Waals surface area contributed by atoms with Gasteiger partial charge in [-0.1, -0.05) is 45.0 Å². The second kappa shape index (κ2) is 7.79. The van der Waals surface area contributed by atoms with Crippen LogP contribution in [0.2, 0.25) is 0 Å². The topological polar surface area (TPSA) is 29.0 Å². The number of likely N-dealkylation sites (tertiary alicyclic amines) is 1. The van der Waals surface area contributed by atoms with Gasteiger partial charge in [0.1, 0.15) is 0 Å². The molecular formula is C25H33N3. The summed E-state index contributed by atoms with van der Waals surface area (Å²) in [5, 5.41) is 9.32. The Labute approximate surface area is 169 Å². The zero-order valence-electron chi connectivity index (χ0n) is 17.8. The van der Waals surface area contributed by atoms with E-state index in [-0.39, 0.29) is 5.41 Å². The molecule has 1 aliphatic carbocycles. The van der Waals surface area contributed by atoms with Crippen molar-refractivity contribution in [3.05, 3.63) is 53.2 Å². The van der Waals surface area contributed by atoms with E-state index in [0.717, 1.165) is 36.7 Å². The lowest BCUT2D eigenvalue weighted by atomic mass is 9.65. The number of aromatic nitrogens is 2. The van der Waals surface area contributed by atoms with Crippen LogP contribution in [0, 0.1) is 18.3 Å². The van der Waals surface area contributed by atoms with Crippen LogP contribution in [0.25, 0.3) is 16.8 Å². The molecule has 2 heterocycles. The summed E-state index contributed by atoms with van der Waals surface area (Å²) < 4.78 is 0. The van der Waals surface area contributed by atoms with E-state index in [1.165, 1.54) is 48.2 Å². The second-order valence-corrected chi connectivity index (χ2v) is 8.83. The fourth-order valence-electron chi connectivity index (χ4n) is 5.29. The largest absolute Gasteiger partial charge is 0.303 e. The van der Waals surface area contributed by atoms with Gasteiger partial charge in [-0.2, -0.15) is 5.10 Å². The SMILES string of the molecule is CCc1cccc(C)c1-c1ccc(C2=C[C@@]3(C)CN(CC)CCC3CC2)nn1. The van der Waals surface area contributed by atoms with Gasteiger partial charge >= 0.3 is 0 Å². The minimum atomic E-state index is 0.271. The van der Waals surface area contributed by atoms with Crippen LogP contribution in [-0.2, 0) is 6.42 Å². The summed E-state index contributed by atoms with van der Waals surface area (Å²) in [6.07, 6.45) is 7.27. The van der Waals surface area contributed by atoms with E-state index < -0.39 is 0 Å². The van der Waals surface area contributed by atoms with Crippen LogP contribution >= 0.6 is 0 Å². The first-order valence-electron chi connectivity index (χ1n) is 10.9. The first-order valence-corrected chi connectivity index (χ1v) is 10.9. The summed E-state index contributed by atoms with van der Waals surface area (Å²) in [5.74, 6) is 0.811. The molecule has 2 aliphatic rings. The van der Waals surface area contributed by atoms with Crippen LogP contribution in [0.4, 0.5) is 0 Å². The molecule has 28 heavy (non-hydrogen) atoms. The van der Waals surface area contributed by atoms with Crippen molar-refractivity contribution in [2.45, 2.75) is 53.4 Å². The minimum absolute atomic E-state index is 0.271. The first-order chi connectivity index (χ1) is 13.5. The highest BCUT2D eigenvalue weighted by Gasteiger charge is 2.40. The molecule has 1 fully saturated rings. The molecule has 1 aromatic heterocycles. The summed E-state index contributed by atoms with van der Waals surface area (Å²) in [7, 11) is 0. The van der Waals surface area contributed by atoms with E-state index >= 15 is 0 Å². The number of rotatable bonds is 4. The molecule has 1 saturated heterocycles. The standard InChI is InChI=1S/C25H33N3/c1-5-19-9-7-8-18(3)24(19)23-13-12-22(26-27-23)20-10-11-21-14-15-28(6-2)17-25(21,4)16-20/h7-9,12-13,16,21H,5-6,10-11,14-15,17H2,1-4H3/t21?,25-/m0/s1. The lowest BCUT2D eigenvalue weighted by Crippen LogP contribution is -2.47. The van der Waals surface area contributed by atoms with E-state index in [4.69, 9.17) is 0 Å². The summed E-state index contributed by atoms with van der Waals surface area (Å²) in [6.45, 7) is 12.7. The van der Waals surface area contributed by atoms with Gasteiger partial charge in [0.05, 0.1) is 11.4 Å². The molecule has 1 aliphatic heterocycles. The highest BCUT2D eigenvalue weighted by atomic mass is 15.1. The van der Waals surface area contributed by atoms with Gasteiger partial charge in [-0.3, -0.25) is 0 Å². The van der Waals surface area contributed by atoms with Gasteiger partial charge in [-0.15, -0.1) is 5.10 Å². The smallest absolute Gasteiger partial charge is 0.0935 e. The van der Waals surface area contributed by atoms with E-state index in [1.54, 1.807) is 0 Å². The van der Waals surface area contributed by atoms with Crippen LogP contribution in [0.15, 0.2) is 36.4 Å². The van der Waals surface area contributed by atoms with Crippen molar-refractivity contribution < 1.29 is 0 Å². The molecule has 3 nitrogen and oxygen atoms in total. The maximum absolute atomic E-state index is 4.67. The van der Waals surface area contributed by atoms with Crippen molar-refractivity contribution in [3.63, 3.8) is 0 Å². The van der Waals surface area contributed by atoms with Gasteiger partial charge in [-0.05, 0) is 80.4 Å². The van der Waals surface area contributed by atoms with Gasteiger partial charge in [0.15, 0.2) is 0 Å². The van der Waals surface area contributed by atoms with Crippen LogP contribution < -0.4 is 0 Å². The molecule has 0 spiro atoms. The number of allylic oxidation sites excluding steroid dienone is 1. The fourth-order valence-corrected chi connectivity index (χ4v) is 5.29. The summed E-state index contributed by atoms with van der Waals surface area (Å²) in [4.78, 5) is 2.59. The third-order valence-corrected chi connectivity index (χ3v) is 6.99. The van der Waals surface area contributed by atoms with Crippen molar-refractivity contribution in [2.24, 2.45) is 11.3 Å². The minimum Gasteiger partial charge on any atom is -0.303 e. The van der Waals surface area contributed by atoms with Gasteiger partial charge in [0.25, 0.3) is 0 Å². The Kier molecular flexibility index (Phi) is 5.37. The summed E-state index contributed by atoms with van der Waals surface area (Å²) in [5.41, 5.74) is 7.58. The summed E-state index contributed by atoms with van der Waals surface area (Å²) in [6, 6.07) is 10.8. The van der Waals surface area contributed by atoms with Crippen LogP contribution in [0.3, 0.4) is 0 Å². The average molecular weight is 376 g/mol. The quantitative estimate of drug-likeness (QED) is 0.702. The number of hydrogen-bond donors (Lipinski definition) is 0. The number of piperidine rings is 1. The molecule has 0 saturated carbocycles. The highest BCUT2D eigenvalue weighted by Crippen LogP contribution is 2.46. The van der Waals surface area contributed by atoms with Crippen molar-refractivity contribution >= 4 is 5.57 Å². The normalized spacial score (nSPS) is 25.3. The molecule has 1 unspecified atom stereocenters. The molecule has 3 heteroatoms. The van der Waals surface area contributed by atoms with E-state index in [9.17, 15) is 0 Å². The number of aryl methyl sites for hydroxylation is 2. The van der Waals surface area contributed by atoms with E-state index in [0.29, 0.717) is 0 Å². The zero-order chi connectivity index (χ0) is 19.7. The third-order valence-electron chi connectivity index (χ3n) is 6.99. The molecule has 2 atom stereocenters. The Morgan fingerprint density at radius 1 is 1.07 bits per heavy atom. The predicted molar refractivity (Wildman–Crippen MR) is 117 cm³/mol. The summed E-state index contributed by atoms with van der Waals surface area (Å²) >= 11 is 0. The predicted octanol–water partition coefficient (Wildman–Crippen LogP) is 5.54. The molecule has 0 bridgehead atoms. The van der Waals surface area contributed by atoms with Gasteiger partial charge in [0.2, 0.25) is 0 Å². The molecule has 4 rings (SSSR count). The van der Waals surface area contributed by atoms with Crippen LogP contribution in [-0.4, -0.2) is 34.7 Å². The zero-order valence-corrected chi connectivity index (χ0v) is 17.8. The maximum Gasteiger partial charge on any atom is 0.0935 e. The maximum atomic E-state index is 4.67. The fraction of sp³-hybridized carbons (Fsp3) is 0.520. The van der Waals surface area contributed by atoms with Crippen LogP contribution in [0.5, 0.6) is 0 Å². The lowest BCUT2D eigenvalue weighted by molar-refractivity contribution is 0.0726. The number of benzene rings is 1. The van der Waals surface area contributed by atoms with Crippen LogP contribution in [0.1, 0.15) is 56.9 Å². The Morgan fingerprint density at radius 3 is 2.57 bits per heavy atom. The average Bonchev–Trinajstić information content (AvgIpc) is 2.72. The Bertz CT molecular complexity index is 868. The van der Waals surface area contributed by atoms with E-state index in [1.807, 2.05) is 0 Å². The molecule has 148 valence electrons. The van der Waals surface area contributed by atoms with Crippen molar-refractivity contribution in [1.29, 1.82) is 0 Å². The number of nitrogens with zero attached hydrogens (tertiary/aromatic N) is 3.